The van der Waals surface area contributed by atoms with Crippen LogP contribution >= 0.6 is 0 Å². The van der Waals surface area contributed by atoms with E-state index in [-0.39, 0.29) is 6.61 Å². The monoisotopic (exact) mass is 165 g/mol. The summed E-state index contributed by atoms with van der Waals surface area (Å²) >= 11 is 0. The quantitative estimate of drug-likeness (QED) is 0.678. The Morgan fingerprint density at radius 3 is 3.00 bits per heavy atom. The van der Waals surface area contributed by atoms with Crippen LogP contribution in [0.3, 0.4) is 0 Å². The van der Waals surface area contributed by atoms with E-state index in [1.54, 1.807) is 0 Å². The van der Waals surface area contributed by atoms with Crippen LogP contribution in [0.25, 0.3) is 0 Å². The minimum atomic E-state index is 0.114. The molecule has 0 aliphatic carbocycles. The first-order valence-corrected chi connectivity index (χ1v) is 4.13. The molecule has 66 valence electrons. The molecule has 0 radical (unpaired) electrons. The van der Waals surface area contributed by atoms with Crippen LogP contribution in [0.4, 0.5) is 0 Å². The molecule has 0 amide bonds. The van der Waals surface area contributed by atoms with Crippen molar-refractivity contribution >= 4 is 0 Å². The van der Waals surface area contributed by atoms with Gasteiger partial charge in [-0.25, -0.2) is 0 Å². The number of hydrogen-bond acceptors (Lipinski definition) is 1. The van der Waals surface area contributed by atoms with Crippen LogP contribution in [0.2, 0.25) is 0 Å². The van der Waals surface area contributed by atoms with Crippen LogP contribution in [0, 0.1) is 0 Å². The van der Waals surface area contributed by atoms with Crippen molar-refractivity contribution in [2.24, 2.45) is 0 Å². The van der Waals surface area contributed by atoms with E-state index in [1.165, 1.54) is 5.57 Å². The summed E-state index contributed by atoms with van der Waals surface area (Å²) in [4.78, 5) is 0. The summed E-state index contributed by atoms with van der Waals surface area (Å²) in [6.07, 6.45) is 2.95. The van der Waals surface area contributed by atoms with Gasteiger partial charge in [-0.05, 0) is 25.5 Å². The molecule has 0 fully saturated rings. The summed E-state index contributed by atoms with van der Waals surface area (Å²) in [6, 6.07) is 3.88. The molecule has 0 saturated carbocycles. The Labute approximate surface area is 73.1 Å². The Morgan fingerprint density at radius 2 is 2.42 bits per heavy atom. The number of rotatable bonds is 4. The van der Waals surface area contributed by atoms with E-state index in [0.29, 0.717) is 0 Å². The van der Waals surface area contributed by atoms with Gasteiger partial charge in [-0.2, -0.15) is 0 Å². The average molecular weight is 165 g/mol. The second kappa shape index (κ2) is 4.12. The highest BCUT2D eigenvalue weighted by Crippen LogP contribution is 2.05. The van der Waals surface area contributed by atoms with Gasteiger partial charge in [0.05, 0.1) is 6.61 Å². The van der Waals surface area contributed by atoms with E-state index in [0.717, 1.165) is 18.7 Å². The fourth-order valence-corrected chi connectivity index (χ4v) is 1.12. The number of aliphatic hydroxyl groups is 1. The molecule has 2 nitrogen and oxygen atoms in total. The lowest BCUT2D eigenvalue weighted by molar-refractivity contribution is 0.270. The Hall–Kier alpha value is -1.02. The summed E-state index contributed by atoms with van der Waals surface area (Å²) in [6.45, 7) is 6.88. The fourth-order valence-electron chi connectivity index (χ4n) is 1.12. The van der Waals surface area contributed by atoms with Gasteiger partial charge in [-0.15, -0.1) is 6.58 Å². The van der Waals surface area contributed by atoms with E-state index < -0.39 is 0 Å². The summed E-state index contributed by atoms with van der Waals surface area (Å²) in [5.74, 6) is 0. The number of nitrogens with zero attached hydrogens (tertiary/aromatic N) is 1. The zero-order valence-electron chi connectivity index (χ0n) is 7.45. The van der Waals surface area contributed by atoms with Gasteiger partial charge in [0.15, 0.2) is 0 Å². The highest BCUT2D eigenvalue weighted by molar-refractivity contribution is 5.06. The van der Waals surface area contributed by atoms with Crippen molar-refractivity contribution in [1.82, 2.24) is 4.57 Å². The summed E-state index contributed by atoms with van der Waals surface area (Å²) < 4.78 is 2.05. The van der Waals surface area contributed by atoms with Gasteiger partial charge >= 0.3 is 0 Å². The fraction of sp³-hybridized carbons (Fsp3) is 0.400. The summed E-state index contributed by atoms with van der Waals surface area (Å²) in [5, 5.41) is 8.93. The van der Waals surface area contributed by atoms with E-state index >= 15 is 0 Å². The molecule has 0 aliphatic rings. The van der Waals surface area contributed by atoms with Crippen LogP contribution in [0.5, 0.6) is 0 Å². The Bertz CT molecular complexity index is 263. The third-order valence-electron chi connectivity index (χ3n) is 1.87. The lowest BCUT2D eigenvalue weighted by Gasteiger charge is -2.06. The molecule has 0 spiro atoms. The Balaban J connectivity index is 2.56. The average Bonchev–Trinajstić information content (AvgIpc) is 2.47. The van der Waals surface area contributed by atoms with E-state index in [1.807, 2.05) is 25.3 Å². The van der Waals surface area contributed by atoms with Crippen molar-refractivity contribution in [3.05, 3.63) is 36.2 Å². The molecule has 0 bridgehead atoms. The second-order valence-electron chi connectivity index (χ2n) is 3.06. The molecule has 0 aliphatic heterocycles. The highest BCUT2D eigenvalue weighted by Gasteiger charge is 1.97. The third-order valence-corrected chi connectivity index (χ3v) is 1.87. The van der Waals surface area contributed by atoms with Crippen molar-refractivity contribution in [3.63, 3.8) is 0 Å². The van der Waals surface area contributed by atoms with Gasteiger partial charge in [0.1, 0.15) is 0 Å². The first kappa shape index (κ1) is 9.07. The molecule has 1 aromatic heterocycles. The molecule has 2 heteroatoms. The summed E-state index contributed by atoms with van der Waals surface area (Å²) in [5.41, 5.74) is 2.14. The first-order valence-electron chi connectivity index (χ1n) is 4.13. The molecule has 0 unspecified atom stereocenters. The molecule has 1 aromatic rings. The van der Waals surface area contributed by atoms with Gasteiger partial charge in [-0.1, -0.05) is 5.57 Å². The molecule has 1 N–H and O–H groups in total. The van der Waals surface area contributed by atoms with Crippen molar-refractivity contribution in [2.45, 2.75) is 26.5 Å². The topological polar surface area (TPSA) is 25.2 Å². The maximum Gasteiger partial charge on any atom is 0.0832 e. The molecule has 1 rings (SSSR count). The van der Waals surface area contributed by atoms with Crippen molar-refractivity contribution in [2.75, 3.05) is 0 Å². The van der Waals surface area contributed by atoms with Crippen LogP contribution in [-0.2, 0) is 13.2 Å². The molecule has 0 saturated heterocycles. The molecule has 0 aromatic carbocycles. The van der Waals surface area contributed by atoms with Gasteiger partial charge in [0.2, 0.25) is 0 Å². The SMILES string of the molecule is C=C(C)CCn1cccc1CO. The zero-order chi connectivity index (χ0) is 8.97. The molecule has 12 heavy (non-hydrogen) atoms. The second-order valence-corrected chi connectivity index (χ2v) is 3.06. The van der Waals surface area contributed by atoms with Crippen LogP contribution in [0.15, 0.2) is 30.5 Å². The molecule has 1 heterocycles. The zero-order valence-corrected chi connectivity index (χ0v) is 7.45. The van der Waals surface area contributed by atoms with Crippen LogP contribution in [0.1, 0.15) is 19.0 Å². The third kappa shape index (κ3) is 2.24. The first-order chi connectivity index (χ1) is 5.74. The standard InChI is InChI=1S/C10H15NO/c1-9(2)5-7-11-6-3-4-10(11)8-12/h3-4,6,12H,1,5,7-8H2,2H3. The molecular formula is C10H15NO. The van der Waals surface area contributed by atoms with Gasteiger partial charge in [0.25, 0.3) is 0 Å². The number of aryl methyl sites for hydroxylation is 1. The normalized spacial score (nSPS) is 10.2. The van der Waals surface area contributed by atoms with Crippen LogP contribution in [-0.4, -0.2) is 9.67 Å². The van der Waals surface area contributed by atoms with Gasteiger partial charge in [-0.3, -0.25) is 0 Å². The van der Waals surface area contributed by atoms with Gasteiger partial charge < -0.3 is 9.67 Å². The predicted molar refractivity (Wildman–Crippen MR) is 49.8 cm³/mol. The van der Waals surface area contributed by atoms with E-state index in [9.17, 15) is 0 Å². The minimum absolute atomic E-state index is 0.114. The predicted octanol–water partition coefficient (Wildman–Crippen LogP) is 1.95. The van der Waals surface area contributed by atoms with E-state index in [4.69, 9.17) is 5.11 Å². The lowest BCUT2D eigenvalue weighted by Crippen LogP contribution is -2.01. The molecular weight excluding hydrogens is 150 g/mol. The molecule has 0 atom stereocenters. The largest absolute Gasteiger partial charge is 0.390 e. The van der Waals surface area contributed by atoms with Crippen molar-refractivity contribution in [1.29, 1.82) is 0 Å². The van der Waals surface area contributed by atoms with Gasteiger partial charge in [0, 0.05) is 18.4 Å². The smallest absolute Gasteiger partial charge is 0.0832 e. The maximum atomic E-state index is 8.93. The minimum Gasteiger partial charge on any atom is -0.390 e. The van der Waals surface area contributed by atoms with E-state index in [2.05, 4.69) is 11.1 Å². The number of aliphatic hydroxyl groups excluding tert-OH is 1. The lowest BCUT2D eigenvalue weighted by atomic mass is 10.2. The van der Waals surface area contributed by atoms with Crippen LogP contribution < -0.4 is 0 Å². The van der Waals surface area contributed by atoms with Crippen molar-refractivity contribution in [3.8, 4) is 0 Å². The Kier molecular flexibility index (Phi) is 3.11. The summed E-state index contributed by atoms with van der Waals surface area (Å²) in [7, 11) is 0. The number of aromatic nitrogens is 1. The number of allylic oxidation sites excluding steroid dienone is 1. The maximum absolute atomic E-state index is 8.93. The number of hydrogen-bond donors (Lipinski definition) is 1. The Morgan fingerprint density at radius 1 is 1.67 bits per heavy atom. The van der Waals surface area contributed by atoms with Crippen molar-refractivity contribution < 1.29 is 5.11 Å². The highest BCUT2D eigenvalue weighted by atomic mass is 16.3.